The molecule has 1 rings (SSSR count). The minimum Gasteiger partial charge on any atom is -0.481 e. The summed E-state index contributed by atoms with van der Waals surface area (Å²) in [5, 5.41) is 0. The Bertz CT molecular complexity index is 345. The van der Waals surface area contributed by atoms with Gasteiger partial charge >= 0.3 is 0 Å². The number of ether oxygens (including phenoxy) is 1. The summed E-state index contributed by atoms with van der Waals surface area (Å²) in [6.45, 7) is 2.80. The summed E-state index contributed by atoms with van der Waals surface area (Å²) in [5.74, 6) is 1.73. The van der Waals surface area contributed by atoms with Gasteiger partial charge in [0.15, 0.2) is 0 Å². The molecule has 2 N–H and O–H groups in total. The Balaban J connectivity index is 2.80. The van der Waals surface area contributed by atoms with Gasteiger partial charge in [-0.3, -0.25) is 4.90 Å². The number of pyridine rings is 1. The molecule has 0 amide bonds. The van der Waals surface area contributed by atoms with Crippen LogP contribution in [0.2, 0.25) is 0 Å². The zero-order valence-electron chi connectivity index (χ0n) is 11.6. The molecule has 1 heterocycles. The maximum Gasteiger partial charge on any atom is 0.212 e. The molecule has 0 bridgehead atoms. The lowest BCUT2D eigenvalue weighted by molar-refractivity contribution is 0.204. The molecular formula is C13H23N3OS. The lowest BCUT2D eigenvalue weighted by atomic mass is 10.1. The normalized spacial score (nSPS) is 14.6. The molecule has 2 atom stereocenters. The van der Waals surface area contributed by atoms with Crippen molar-refractivity contribution in [2.24, 2.45) is 5.73 Å². The molecule has 0 saturated carbocycles. The highest BCUT2D eigenvalue weighted by Crippen LogP contribution is 2.22. The molecule has 102 valence electrons. The molecule has 2 unspecified atom stereocenters. The Morgan fingerprint density at radius 3 is 2.67 bits per heavy atom. The van der Waals surface area contributed by atoms with Gasteiger partial charge in [0.2, 0.25) is 5.88 Å². The van der Waals surface area contributed by atoms with Gasteiger partial charge in [0.1, 0.15) is 0 Å². The standard InChI is InChI=1S/C13H23N3OS/c1-10(9-18-4)16(2)12(7-14)11-5-6-13(17-3)15-8-11/h5-6,8,10,12H,7,9,14H2,1-4H3. The summed E-state index contributed by atoms with van der Waals surface area (Å²) in [5.41, 5.74) is 7.04. The summed E-state index contributed by atoms with van der Waals surface area (Å²) < 4.78 is 5.07. The van der Waals surface area contributed by atoms with Crippen LogP contribution in [-0.2, 0) is 0 Å². The van der Waals surface area contributed by atoms with E-state index in [1.54, 1.807) is 7.11 Å². The van der Waals surface area contributed by atoms with Gasteiger partial charge < -0.3 is 10.5 Å². The Hall–Kier alpha value is -0.780. The topological polar surface area (TPSA) is 51.4 Å². The maximum absolute atomic E-state index is 5.90. The largest absolute Gasteiger partial charge is 0.481 e. The molecule has 0 aromatic carbocycles. The number of thioether (sulfide) groups is 1. The first kappa shape index (κ1) is 15.3. The van der Waals surface area contributed by atoms with E-state index in [-0.39, 0.29) is 6.04 Å². The van der Waals surface area contributed by atoms with Crippen LogP contribution in [-0.4, -0.2) is 48.6 Å². The molecular weight excluding hydrogens is 246 g/mol. The van der Waals surface area contributed by atoms with Crippen LogP contribution in [0, 0.1) is 0 Å². The van der Waals surface area contributed by atoms with Crippen molar-refractivity contribution in [1.82, 2.24) is 9.88 Å². The number of hydrogen-bond donors (Lipinski definition) is 1. The Morgan fingerprint density at radius 1 is 1.50 bits per heavy atom. The SMILES string of the molecule is COc1ccc(C(CN)N(C)C(C)CSC)cn1. The van der Waals surface area contributed by atoms with Gasteiger partial charge in [-0.15, -0.1) is 0 Å². The van der Waals surface area contributed by atoms with Crippen LogP contribution in [0.4, 0.5) is 0 Å². The van der Waals surface area contributed by atoms with Crippen molar-refractivity contribution >= 4 is 11.8 Å². The number of nitrogens with two attached hydrogens (primary N) is 1. The molecule has 0 radical (unpaired) electrons. The van der Waals surface area contributed by atoms with Gasteiger partial charge in [0, 0.05) is 36.6 Å². The molecule has 0 aliphatic rings. The average Bonchev–Trinajstić information content (AvgIpc) is 2.40. The molecule has 5 heteroatoms. The van der Waals surface area contributed by atoms with Crippen molar-refractivity contribution in [3.8, 4) is 5.88 Å². The molecule has 0 aliphatic carbocycles. The molecule has 0 fully saturated rings. The van der Waals surface area contributed by atoms with E-state index in [9.17, 15) is 0 Å². The Labute approximate surface area is 114 Å². The van der Waals surface area contributed by atoms with Gasteiger partial charge in [0.05, 0.1) is 7.11 Å². The number of methoxy groups -OCH3 is 1. The predicted octanol–water partition coefficient (Wildman–Crippen LogP) is 1.77. The first-order chi connectivity index (χ1) is 8.63. The van der Waals surface area contributed by atoms with E-state index in [2.05, 4.69) is 30.1 Å². The van der Waals surface area contributed by atoms with E-state index < -0.39 is 0 Å². The second-order valence-electron chi connectivity index (χ2n) is 4.36. The van der Waals surface area contributed by atoms with Gasteiger partial charge in [-0.25, -0.2) is 4.98 Å². The fourth-order valence-electron chi connectivity index (χ4n) is 1.91. The van der Waals surface area contributed by atoms with Gasteiger partial charge in [0.25, 0.3) is 0 Å². The number of nitrogens with zero attached hydrogens (tertiary/aromatic N) is 2. The van der Waals surface area contributed by atoms with Gasteiger partial charge in [-0.2, -0.15) is 11.8 Å². The predicted molar refractivity (Wildman–Crippen MR) is 78.2 cm³/mol. The highest BCUT2D eigenvalue weighted by Gasteiger charge is 2.20. The van der Waals surface area contributed by atoms with E-state index in [4.69, 9.17) is 10.5 Å². The molecule has 0 aliphatic heterocycles. The van der Waals surface area contributed by atoms with Crippen LogP contribution in [0.25, 0.3) is 0 Å². The number of aromatic nitrogens is 1. The fourth-order valence-corrected chi connectivity index (χ4v) is 2.63. The van der Waals surface area contributed by atoms with E-state index in [0.29, 0.717) is 18.5 Å². The second-order valence-corrected chi connectivity index (χ2v) is 5.27. The van der Waals surface area contributed by atoms with Crippen LogP contribution in [0.3, 0.4) is 0 Å². The van der Waals surface area contributed by atoms with Crippen LogP contribution >= 0.6 is 11.8 Å². The molecule has 4 nitrogen and oxygen atoms in total. The number of likely N-dealkylation sites (N-methyl/N-ethyl adjacent to an activating group) is 1. The van der Waals surface area contributed by atoms with Crippen molar-refractivity contribution < 1.29 is 4.74 Å². The van der Waals surface area contributed by atoms with Crippen LogP contribution in [0.5, 0.6) is 5.88 Å². The lowest BCUT2D eigenvalue weighted by Crippen LogP contribution is -2.38. The van der Waals surface area contributed by atoms with Gasteiger partial charge in [-0.05, 0) is 25.8 Å². The van der Waals surface area contributed by atoms with Crippen molar-refractivity contribution in [3.63, 3.8) is 0 Å². The average molecular weight is 269 g/mol. The molecule has 1 aromatic rings. The van der Waals surface area contributed by atoms with Crippen molar-refractivity contribution in [3.05, 3.63) is 23.9 Å². The monoisotopic (exact) mass is 269 g/mol. The highest BCUT2D eigenvalue weighted by molar-refractivity contribution is 7.98. The third-order valence-electron chi connectivity index (χ3n) is 3.17. The quantitative estimate of drug-likeness (QED) is 0.817. The third-order valence-corrected chi connectivity index (χ3v) is 3.99. The smallest absolute Gasteiger partial charge is 0.212 e. The number of hydrogen-bond acceptors (Lipinski definition) is 5. The van der Waals surface area contributed by atoms with E-state index in [0.717, 1.165) is 11.3 Å². The van der Waals surface area contributed by atoms with Crippen molar-refractivity contribution in [2.45, 2.75) is 19.0 Å². The summed E-state index contributed by atoms with van der Waals surface area (Å²) >= 11 is 1.85. The summed E-state index contributed by atoms with van der Waals surface area (Å²) in [6, 6.07) is 4.60. The molecule has 18 heavy (non-hydrogen) atoms. The van der Waals surface area contributed by atoms with E-state index >= 15 is 0 Å². The lowest BCUT2D eigenvalue weighted by Gasteiger charge is -2.32. The van der Waals surface area contributed by atoms with E-state index in [1.807, 2.05) is 30.1 Å². The molecule has 0 spiro atoms. The minimum absolute atomic E-state index is 0.200. The Morgan fingerprint density at radius 2 is 2.22 bits per heavy atom. The zero-order valence-corrected chi connectivity index (χ0v) is 12.4. The summed E-state index contributed by atoms with van der Waals surface area (Å²) in [6.07, 6.45) is 3.97. The second kappa shape index (κ2) is 7.61. The van der Waals surface area contributed by atoms with E-state index in [1.165, 1.54) is 0 Å². The first-order valence-corrected chi connectivity index (χ1v) is 7.44. The number of rotatable bonds is 7. The summed E-state index contributed by atoms with van der Waals surface area (Å²) in [7, 11) is 3.73. The molecule has 1 aromatic heterocycles. The van der Waals surface area contributed by atoms with Crippen LogP contribution in [0.15, 0.2) is 18.3 Å². The van der Waals surface area contributed by atoms with Gasteiger partial charge in [-0.1, -0.05) is 6.07 Å². The maximum atomic E-state index is 5.90. The zero-order chi connectivity index (χ0) is 13.5. The summed E-state index contributed by atoms with van der Waals surface area (Å²) in [4.78, 5) is 6.55. The van der Waals surface area contributed by atoms with Crippen LogP contribution in [0.1, 0.15) is 18.5 Å². The first-order valence-electron chi connectivity index (χ1n) is 6.04. The molecule has 0 saturated heterocycles. The van der Waals surface area contributed by atoms with Crippen LogP contribution < -0.4 is 10.5 Å². The Kier molecular flexibility index (Phi) is 6.46. The van der Waals surface area contributed by atoms with Crippen molar-refractivity contribution in [1.29, 1.82) is 0 Å². The fraction of sp³-hybridized carbons (Fsp3) is 0.615. The third kappa shape index (κ3) is 3.86. The van der Waals surface area contributed by atoms with Crippen molar-refractivity contribution in [2.75, 3.05) is 32.7 Å². The highest BCUT2D eigenvalue weighted by atomic mass is 32.2. The minimum atomic E-state index is 0.200.